The van der Waals surface area contributed by atoms with Gasteiger partial charge in [-0.15, -0.1) is 0 Å². The van der Waals surface area contributed by atoms with Gasteiger partial charge in [-0.3, -0.25) is 19.2 Å². The molecule has 0 radical (unpaired) electrons. The minimum absolute atomic E-state index is 0.0357. The fourth-order valence-corrected chi connectivity index (χ4v) is 3.25. The third-order valence-electron chi connectivity index (χ3n) is 4.96. The van der Waals surface area contributed by atoms with E-state index in [2.05, 4.69) is 20.4 Å². The molecule has 0 aromatic carbocycles. The summed E-state index contributed by atoms with van der Waals surface area (Å²) in [6, 6.07) is 5.10. The molecule has 0 saturated carbocycles. The second kappa shape index (κ2) is 7.11. The van der Waals surface area contributed by atoms with E-state index in [0.717, 1.165) is 0 Å². The molecule has 30 heavy (non-hydrogen) atoms. The number of anilines is 2. The zero-order valence-electron chi connectivity index (χ0n) is 16.7. The van der Waals surface area contributed by atoms with Crippen molar-refractivity contribution < 1.29 is 14.0 Å². The van der Waals surface area contributed by atoms with E-state index < -0.39 is 11.3 Å². The lowest BCUT2D eigenvalue weighted by Gasteiger charge is -2.18. The van der Waals surface area contributed by atoms with Crippen molar-refractivity contribution in [2.45, 2.75) is 20.3 Å². The van der Waals surface area contributed by atoms with Crippen LogP contribution in [-0.4, -0.2) is 38.1 Å². The molecule has 1 saturated heterocycles. The number of hydrogen-bond acceptors (Lipinski definition) is 7. The van der Waals surface area contributed by atoms with E-state index in [9.17, 15) is 9.59 Å². The first-order chi connectivity index (χ1) is 14.3. The van der Waals surface area contributed by atoms with E-state index >= 15 is 0 Å². The topological polar surface area (TPSA) is 130 Å². The van der Waals surface area contributed by atoms with Crippen molar-refractivity contribution in [2.24, 2.45) is 12.5 Å². The molecule has 4 heterocycles. The van der Waals surface area contributed by atoms with Gasteiger partial charge in [-0.2, -0.15) is 10.4 Å². The summed E-state index contributed by atoms with van der Waals surface area (Å²) in [5, 5.41) is 16.1. The molecule has 0 spiro atoms. The van der Waals surface area contributed by atoms with Crippen LogP contribution in [0.1, 0.15) is 36.5 Å². The molecule has 1 N–H and O–H groups in total. The maximum atomic E-state index is 12.7. The van der Waals surface area contributed by atoms with E-state index in [1.54, 1.807) is 24.2 Å². The smallest absolute Gasteiger partial charge is 0.277 e. The fraction of sp³-hybridized carbons (Fsp3) is 0.300. The first-order valence-corrected chi connectivity index (χ1v) is 9.27. The highest BCUT2D eigenvalue weighted by molar-refractivity contribution is 6.07. The number of nitriles is 1. The van der Waals surface area contributed by atoms with Crippen LogP contribution < -0.4 is 10.2 Å². The minimum Gasteiger partial charge on any atom is -0.444 e. The SMILES string of the molecule is Cn1cc(NC(=O)c2coc(-c3ccnc(C#N)c3)n2)c(N2CCC(C)(C)C2=O)n1. The van der Waals surface area contributed by atoms with Crippen molar-refractivity contribution >= 4 is 23.3 Å². The van der Waals surface area contributed by atoms with Crippen molar-refractivity contribution in [2.75, 3.05) is 16.8 Å². The van der Waals surface area contributed by atoms with Gasteiger partial charge in [-0.1, -0.05) is 13.8 Å². The standard InChI is InChI=1S/C20H19N7O3/c1-20(2)5-7-27(19(20)29)16-14(10-26(3)25-16)23-17(28)15-11-30-18(24-15)12-4-6-22-13(8-12)9-21/h4,6,8,10-11H,5,7H2,1-3H3,(H,23,28). The van der Waals surface area contributed by atoms with Gasteiger partial charge >= 0.3 is 0 Å². The van der Waals surface area contributed by atoms with Gasteiger partial charge in [-0.05, 0) is 18.6 Å². The second-order valence-corrected chi connectivity index (χ2v) is 7.66. The first kappa shape index (κ1) is 19.3. The van der Waals surface area contributed by atoms with Gasteiger partial charge in [0, 0.05) is 30.8 Å². The zero-order chi connectivity index (χ0) is 21.5. The van der Waals surface area contributed by atoms with Crippen molar-refractivity contribution in [1.82, 2.24) is 19.7 Å². The van der Waals surface area contributed by atoms with Gasteiger partial charge in [0.05, 0.1) is 6.20 Å². The molecule has 3 aromatic rings. The van der Waals surface area contributed by atoms with Crippen LogP contribution in [0.25, 0.3) is 11.5 Å². The van der Waals surface area contributed by atoms with Crippen LogP contribution in [0, 0.1) is 16.7 Å². The summed E-state index contributed by atoms with van der Waals surface area (Å²) < 4.78 is 6.93. The lowest BCUT2D eigenvalue weighted by molar-refractivity contribution is -0.124. The van der Waals surface area contributed by atoms with Crippen LogP contribution in [0.4, 0.5) is 11.5 Å². The van der Waals surface area contributed by atoms with Gasteiger partial charge < -0.3 is 9.73 Å². The van der Waals surface area contributed by atoms with Gasteiger partial charge in [0.25, 0.3) is 5.91 Å². The predicted octanol–water partition coefficient (Wildman–Crippen LogP) is 2.36. The Kier molecular flexibility index (Phi) is 4.58. The van der Waals surface area contributed by atoms with Crippen LogP contribution in [0.15, 0.2) is 35.2 Å². The van der Waals surface area contributed by atoms with Crippen LogP contribution >= 0.6 is 0 Å². The molecule has 4 rings (SSSR count). The number of carbonyl (C=O) groups is 2. The molecule has 10 nitrogen and oxygen atoms in total. The highest BCUT2D eigenvalue weighted by Gasteiger charge is 2.41. The van der Waals surface area contributed by atoms with E-state index in [1.165, 1.54) is 23.2 Å². The molecule has 0 unspecified atom stereocenters. The summed E-state index contributed by atoms with van der Waals surface area (Å²) in [6.07, 6.45) is 5.04. The number of carbonyl (C=O) groups excluding carboxylic acids is 2. The van der Waals surface area contributed by atoms with Crippen LogP contribution in [0.5, 0.6) is 0 Å². The quantitative estimate of drug-likeness (QED) is 0.705. The molecule has 3 aromatic heterocycles. The molecule has 0 bridgehead atoms. The molecule has 1 aliphatic heterocycles. The van der Waals surface area contributed by atoms with E-state index in [0.29, 0.717) is 30.0 Å². The Morgan fingerprint density at radius 1 is 1.40 bits per heavy atom. The Bertz CT molecular complexity index is 1190. The highest BCUT2D eigenvalue weighted by atomic mass is 16.3. The van der Waals surface area contributed by atoms with E-state index in [-0.39, 0.29) is 23.2 Å². The number of nitrogens with one attached hydrogen (secondary N) is 1. The monoisotopic (exact) mass is 405 g/mol. The number of amides is 2. The summed E-state index contributed by atoms with van der Waals surface area (Å²) in [5.74, 6) is 0.0611. The molecule has 2 amide bonds. The third-order valence-corrected chi connectivity index (χ3v) is 4.96. The number of rotatable bonds is 4. The number of oxazole rings is 1. The molecular formula is C20H19N7O3. The summed E-state index contributed by atoms with van der Waals surface area (Å²) in [4.78, 5) is 35.1. The molecule has 10 heteroatoms. The highest BCUT2D eigenvalue weighted by Crippen LogP contribution is 2.36. The lowest BCUT2D eigenvalue weighted by atomic mass is 9.92. The van der Waals surface area contributed by atoms with Crippen LogP contribution in [-0.2, 0) is 11.8 Å². The third kappa shape index (κ3) is 3.41. The average Bonchev–Trinajstić information content (AvgIpc) is 3.41. The summed E-state index contributed by atoms with van der Waals surface area (Å²) in [6.45, 7) is 4.32. The van der Waals surface area contributed by atoms with E-state index in [1.807, 2.05) is 19.9 Å². The first-order valence-electron chi connectivity index (χ1n) is 9.27. The number of aromatic nitrogens is 4. The van der Waals surface area contributed by atoms with E-state index in [4.69, 9.17) is 9.68 Å². The van der Waals surface area contributed by atoms with Gasteiger partial charge in [0.1, 0.15) is 23.7 Å². The number of aryl methyl sites for hydroxylation is 1. The molecule has 0 atom stereocenters. The Balaban J connectivity index is 1.57. The Morgan fingerprint density at radius 2 is 2.20 bits per heavy atom. The van der Waals surface area contributed by atoms with Crippen LogP contribution in [0.3, 0.4) is 0 Å². The van der Waals surface area contributed by atoms with Crippen molar-refractivity contribution in [3.63, 3.8) is 0 Å². The zero-order valence-corrected chi connectivity index (χ0v) is 16.7. The average molecular weight is 405 g/mol. The Morgan fingerprint density at radius 3 is 2.90 bits per heavy atom. The van der Waals surface area contributed by atoms with Gasteiger partial charge in [-0.25, -0.2) is 9.97 Å². The summed E-state index contributed by atoms with van der Waals surface area (Å²) in [5.41, 5.74) is 0.756. The Labute approximate surface area is 172 Å². The fourth-order valence-electron chi connectivity index (χ4n) is 3.25. The lowest BCUT2D eigenvalue weighted by Crippen LogP contribution is -2.32. The van der Waals surface area contributed by atoms with Gasteiger partial charge in [0.15, 0.2) is 11.5 Å². The Hall–Kier alpha value is -4.00. The van der Waals surface area contributed by atoms with Crippen molar-refractivity contribution in [3.8, 4) is 17.5 Å². The maximum Gasteiger partial charge on any atom is 0.277 e. The van der Waals surface area contributed by atoms with Crippen molar-refractivity contribution in [1.29, 1.82) is 5.26 Å². The largest absolute Gasteiger partial charge is 0.444 e. The minimum atomic E-state index is -0.500. The maximum absolute atomic E-state index is 12.7. The van der Waals surface area contributed by atoms with Crippen molar-refractivity contribution in [3.05, 3.63) is 42.2 Å². The molecule has 152 valence electrons. The van der Waals surface area contributed by atoms with Gasteiger partial charge in [0.2, 0.25) is 11.8 Å². The number of hydrogen-bond donors (Lipinski definition) is 1. The molecule has 0 aliphatic carbocycles. The molecular weight excluding hydrogens is 386 g/mol. The van der Waals surface area contributed by atoms with Crippen LogP contribution in [0.2, 0.25) is 0 Å². The second-order valence-electron chi connectivity index (χ2n) is 7.66. The normalized spacial score (nSPS) is 15.3. The number of pyridine rings is 1. The predicted molar refractivity (Wildman–Crippen MR) is 106 cm³/mol. The number of nitrogens with zero attached hydrogens (tertiary/aromatic N) is 6. The molecule has 1 fully saturated rings. The molecule has 1 aliphatic rings. The summed E-state index contributed by atoms with van der Waals surface area (Å²) >= 11 is 0. The summed E-state index contributed by atoms with van der Waals surface area (Å²) in [7, 11) is 1.72.